The number of allylic oxidation sites excluding steroid dienone is 1. The number of nitrogens with zero attached hydrogens (tertiary/aromatic N) is 1. The van der Waals surface area contributed by atoms with Gasteiger partial charge in [0.05, 0.1) is 11.2 Å². The predicted molar refractivity (Wildman–Crippen MR) is 135 cm³/mol. The van der Waals surface area contributed by atoms with Crippen LogP contribution in [0.1, 0.15) is 47.1 Å². The summed E-state index contributed by atoms with van der Waals surface area (Å²) < 4.78 is 53.4. The maximum absolute atomic E-state index is 14.0. The van der Waals surface area contributed by atoms with Crippen LogP contribution in [0.3, 0.4) is 0 Å². The molecule has 3 aromatic carbocycles. The quantitative estimate of drug-likeness (QED) is 0.296. The Balaban J connectivity index is 1.48. The third-order valence-electron chi connectivity index (χ3n) is 6.99. The molecule has 0 spiro atoms. The van der Waals surface area contributed by atoms with Crippen LogP contribution in [-0.2, 0) is 23.0 Å². The van der Waals surface area contributed by atoms with Crippen LogP contribution in [-0.4, -0.2) is 29.0 Å². The number of halogens is 4. The molecule has 0 saturated carbocycles. The Kier molecular flexibility index (Phi) is 7.83. The standard InChI is InChI=1S/C30H29F4NO2/c1-21-10-11-22(18-27(21)31)12-13-24(23-6-3-2-4-7-23)19-28(36)35-16-14-29(37,15-17-35)25-8-5-9-26(20-25)30(32,33)34/h2-11,18-20,37H,12-17H2,1H3/b24-19-. The van der Waals surface area contributed by atoms with Crippen molar-refractivity contribution in [3.63, 3.8) is 0 Å². The molecule has 0 aromatic heterocycles. The molecule has 37 heavy (non-hydrogen) atoms. The molecule has 0 atom stereocenters. The Morgan fingerprint density at radius 2 is 1.70 bits per heavy atom. The van der Waals surface area contributed by atoms with E-state index < -0.39 is 17.3 Å². The van der Waals surface area contributed by atoms with Crippen molar-refractivity contribution < 1.29 is 27.5 Å². The van der Waals surface area contributed by atoms with Crippen molar-refractivity contribution in [2.45, 2.75) is 44.4 Å². The fourth-order valence-electron chi connectivity index (χ4n) is 4.63. The van der Waals surface area contributed by atoms with E-state index in [-0.39, 0.29) is 43.2 Å². The number of carbonyl (C=O) groups excluding carboxylic acids is 1. The van der Waals surface area contributed by atoms with E-state index in [1.807, 2.05) is 36.4 Å². The first-order valence-corrected chi connectivity index (χ1v) is 12.3. The van der Waals surface area contributed by atoms with Gasteiger partial charge in [-0.05, 0) is 78.6 Å². The molecule has 1 amide bonds. The number of likely N-dealkylation sites (tertiary alicyclic amines) is 1. The van der Waals surface area contributed by atoms with Crippen LogP contribution in [0, 0.1) is 12.7 Å². The minimum absolute atomic E-state index is 0.136. The van der Waals surface area contributed by atoms with Crippen molar-refractivity contribution in [3.8, 4) is 0 Å². The fourth-order valence-corrected chi connectivity index (χ4v) is 4.63. The smallest absolute Gasteiger partial charge is 0.385 e. The largest absolute Gasteiger partial charge is 0.416 e. The van der Waals surface area contributed by atoms with E-state index >= 15 is 0 Å². The second kappa shape index (κ2) is 10.9. The molecule has 0 bridgehead atoms. The van der Waals surface area contributed by atoms with Gasteiger partial charge in [-0.1, -0.05) is 54.6 Å². The maximum Gasteiger partial charge on any atom is 0.416 e. The molecule has 1 N–H and O–H groups in total. The molecular weight excluding hydrogens is 482 g/mol. The van der Waals surface area contributed by atoms with Crippen LogP contribution in [0.5, 0.6) is 0 Å². The lowest BCUT2D eigenvalue weighted by atomic mass is 9.83. The average Bonchev–Trinajstić information content (AvgIpc) is 2.89. The highest BCUT2D eigenvalue weighted by atomic mass is 19.4. The lowest BCUT2D eigenvalue weighted by Gasteiger charge is -2.38. The van der Waals surface area contributed by atoms with Crippen molar-refractivity contribution in [2.24, 2.45) is 0 Å². The molecule has 3 nitrogen and oxygen atoms in total. The average molecular weight is 512 g/mol. The number of benzene rings is 3. The summed E-state index contributed by atoms with van der Waals surface area (Å²) in [5, 5.41) is 11.1. The summed E-state index contributed by atoms with van der Waals surface area (Å²) in [4.78, 5) is 14.8. The van der Waals surface area contributed by atoms with Gasteiger partial charge in [-0.2, -0.15) is 13.2 Å². The van der Waals surface area contributed by atoms with E-state index in [0.717, 1.165) is 28.8 Å². The summed E-state index contributed by atoms with van der Waals surface area (Å²) in [6.45, 7) is 2.14. The molecular formula is C30H29F4NO2. The van der Waals surface area contributed by atoms with Crippen LogP contribution in [0.25, 0.3) is 5.57 Å². The topological polar surface area (TPSA) is 40.5 Å². The predicted octanol–water partition coefficient (Wildman–Crippen LogP) is 6.68. The van der Waals surface area contributed by atoms with Gasteiger partial charge < -0.3 is 10.0 Å². The van der Waals surface area contributed by atoms with E-state index in [9.17, 15) is 27.5 Å². The van der Waals surface area contributed by atoms with E-state index in [2.05, 4.69) is 0 Å². The number of aliphatic hydroxyl groups is 1. The van der Waals surface area contributed by atoms with Crippen LogP contribution in [0.4, 0.5) is 17.6 Å². The Labute approximate surface area is 214 Å². The van der Waals surface area contributed by atoms with Crippen molar-refractivity contribution in [1.82, 2.24) is 4.90 Å². The van der Waals surface area contributed by atoms with Crippen LogP contribution in [0.2, 0.25) is 0 Å². The maximum atomic E-state index is 14.0. The van der Waals surface area contributed by atoms with Crippen molar-refractivity contribution in [2.75, 3.05) is 13.1 Å². The molecule has 1 heterocycles. The van der Waals surface area contributed by atoms with Crippen LogP contribution in [0.15, 0.2) is 78.9 Å². The SMILES string of the molecule is Cc1ccc(CC/C(=C/C(=O)N2CCC(O)(c3cccc(C(F)(F)F)c3)CC2)c2ccccc2)cc1F. The Hall–Kier alpha value is -3.45. The highest BCUT2D eigenvalue weighted by Gasteiger charge is 2.37. The van der Waals surface area contributed by atoms with Crippen LogP contribution >= 0.6 is 0 Å². The molecule has 7 heteroatoms. The summed E-state index contributed by atoms with van der Waals surface area (Å²) in [6.07, 6.45) is -1.56. The number of hydrogen-bond acceptors (Lipinski definition) is 2. The highest BCUT2D eigenvalue weighted by molar-refractivity contribution is 5.95. The van der Waals surface area contributed by atoms with Crippen molar-refractivity contribution in [1.29, 1.82) is 0 Å². The minimum Gasteiger partial charge on any atom is -0.385 e. The van der Waals surface area contributed by atoms with Gasteiger partial charge in [-0.15, -0.1) is 0 Å². The van der Waals surface area contributed by atoms with Crippen molar-refractivity contribution >= 4 is 11.5 Å². The molecule has 1 saturated heterocycles. The molecule has 0 unspecified atom stereocenters. The molecule has 0 aliphatic carbocycles. The lowest BCUT2D eigenvalue weighted by Crippen LogP contribution is -2.44. The van der Waals surface area contributed by atoms with E-state index in [4.69, 9.17) is 0 Å². The van der Waals surface area contributed by atoms with Gasteiger partial charge in [-0.3, -0.25) is 4.79 Å². The summed E-state index contributed by atoms with van der Waals surface area (Å²) in [5.41, 5.74) is 1.08. The number of hydrogen-bond donors (Lipinski definition) is 1. The zero-order valence-corrected chi connectivity index (χ0v) is 20.6. The number of aryl methyl sites for hydroxylation is 2. The van der Waals surface area contributed by atoms with E-state index in [1.54, 1.807) is 24.0 Å². The van der Waals surface area contributed by atoms with Crippen LogP contribution < -0.4 is 0 Å². The first-order chi connectivity index (χ1) is 17.5. The number of carbonyl (C=O) groups is 1. The number of alkyl halides is 3. The Morgan fingerprint density at radius 1 is 1.00 bits per heavy atom. The second-order valence-electron chi connectivity index (χ2n) is 9.55. The van der Waals surface area contributed by atoms with Crippen molar-refractivity contribution in [3.05, 3.63) is 113 Å². The zero-order valence-electron chi connectivity index (χ0n) is 20.6. The van der Waals surface area contributed by atoms with Gasteiger partial charge in [0.1, 0.15) is 5.82 Å². The summed E-state index contributed by atoms with van der Waals surface area (Å²) >= 11 is 0. The van der Waals surface area contributed by atoms with Gasteiger partial charge in [0.2, 0.25) is 5.91 Å². The summed E-state index contributed by atoms with van der Waals surface area (Å²) in [6, 6.07) is 19.4. The summed E-state index contributed by atoms with van der Waals surface area (Å²) in [7, 11) is 0. The number of rotatable bonds is 6. The van der Waals surface area contributed by atoms with E-state index in [1.165, 1.54) is 18.2 Å². The highest BCUT2D eigenvalue weighted by Crippen LogP contribution is 2.37. The molecule has 1 aliphatic heterocycles. The van der Waals surface area contributed by atoms with Gasteiger partial charge >= 0.3 is 6.18 Å². The minimum atomic E-state index is -4.49. The molecule has 4 rings (SSSR count). The normalized spacial score (nSPS) is 16.1. The number of piperidine rings is 1. The molecule has 3 aromatic rings. The molecule has 1 fully saturated rings. The molecule has 0 radical (unpaired) electrons. The first kappa shape index (κ1) is 26.6. The molecule has 194 valence electrons. The third-order valence-corrected chi connectivity index (χ3v) is 6.99. The summed E-state index contributed by atoms with van der Waals surface area (Å²) in [5.74, 6) is -0.486. The monoisotopic (exact) mass is 511 g/mol. The number of amides is 1. The molecule has 1 aliphatic rings. The third kappa shape index (κ3) is 6.46. The lowest BCUT2D eigenvalue weighted by molar-refractivity contribution is -0.137. The fraction of sp³-hybridized carbons (Fsp3) is 0.300. The van der Waals surface area contributed by atoms with Gasteiger partial charge in [-0.25, -0.2) is 4.39 Å². The Bertz CT molecular complexity index is 1280. The van der Waals surface area contributed by atoms with E-state index in [0.29, 0.717) is 18.4 Å². The van der Waals surface area contributed by atoms with Gasteiger partial charge in [0, 0.05) is 19.2 Å². The Morgan fingerprint density at radius 3 is 2.35 bits per heavy atom. The second-order valence-corrected chi connectivity index (χ2v) is 9.55. The zero-order chi connectivity index (χ0) is 26.6. The van der Waals surface area contributed by atoms with Gasteiger partial charge in [0.15, 0.2) is 0 Å². The first-order valence-electron chi connectivity index (χ1n) is 12.3. The van der Waals surface area contributed by atoms with Gasteiger partial charge in [0.25, 0.3) is 0 Å².